The van der Waals surface area contributed by atoms with Crippen LogP contribution in [-0.2, 0) is 47.9 Å². The molecule has 0 radical (unpaired) electrons. The number of likely N-dealkylation sites (tertiary alicyclic amines) is 5. The van der Waals surface area contributed by atoms with Gasteiger partial charge in [-0.15, -0.1) is 0 Å². The Morgan fingerprint density at radius 3 is 1.53 bits per heavy atom. The zero-order chi connectivity index (χ0) is 45.2. The molecule has 5 rings (SSSR count). The molecule has 0 aliphatic carbocycles. The molecule has 9 amide bonds. The first-order valence-electron chi connectivity index (χ1n) is 21.0. The summed E-state index contributed by atoms with van der Waals surface area (Å²) in [6.45, 7) is -1.64. The Labute approximate surface area is 362 Å². The number of carboxylic acid groups (broad SMARTS) is 1. The summed E-state index contributed by atoms with van der Waals surface area (Å²) in [6, 6.07) is -6.09. The number of nitrogens with two attached hydrogens (primary N) is 1. The van der Waals surface area contributed by atoms with E-state index in [9.17, 15) is 58.2 Å². The van der Waals surface area contributed by atoms with Crippen molar-refractivity contribution in [1.82, 2.24) is 45.8 Å². The Balaban J connectivity index is 1.14. The summed E-state index contributed by atoms with van der Waals surface area (Å²) >= 11 is 1.46. The molecule has 62 heavy (non-hydrogen) atoms. The fourth-order valence-corrected chi connectivity index (χ4v) is 9.39. The highest BCUT2D eigenvalue weighted by molar-refractivity contribution is 7.98. The molecule has 5 aliphatic rings. The second-order valence-corrected chi connectivity index (χ2v) is 17.1. The van der Waals surface area contributed by atoms with Crippen molar-refractivity contribution in [3.05, 3.63) is 0 Å². The molecule has 5 aliphatic heterocycles. The number of rotatable bonds is 17. The van der Waals surface area contributed by atoms with Gasteiger partial charge in [0.05, 0.1) is 31.8 Å². The molecule has 0 saturated carbocycles. The van der Waals surface area contributed by atoms with E-state index >= 15 is 0 Å². The molecular weight excluding hydrogens is 837 g/mol. The number of hydrogen-bond acceptors (Lipinski definition) is 14. The maximum absolute atomic E-state index is 14.0. The molecule has 0 aromatic rings. The van der Waals surface area contributed by atoms with Crippen LogP contribution in [0.5, 0.6) is 0 Å². The normalized spacial score (nSPS) is 26.3. The molecule has 0 bridgehead atoms. The highest BCUT2D eigenvalue weighted by Crippen LogP contribution is 2.27. The molecule has 24 heteroatoms. The van der Waals surface area contributed by atoms with Crippen molar-refractivity contribution in [1.29, 1.82) is 0 Å². The number of β-amino-alcohol motifs (C(OH)–C–C–N with tert-alkyl or cyclic N) is 2. The lowest BCUT2D eigenvalue weighted by Crippen LogP contribution is -2.56. The molecule has 5 saturated heterocycles. The largest absolute Gasteiger partial charge is 0.480 e. The Bertz CT molecular complexity index is 1760. The quantitative estimate of drug-likeness (QED) is 0.0676. The molecule has 0 aromatic carbocycles. The zero-order valence-electron chi connectivity index (χ0n) is 34.7. The molecule has 0 aromatic heterocycles. The summed E-state index contributed by atoms with van der Waals surface area (Å²) in [5, 5.41) is 39.8. The van der Waals surface area contributed by atoms with Crippen LogP contribution in [0.2, 0.25) is 0 Å². The monoisotopic (exact) mass is 894 g/mol. The van der Waals surface area contributed by atoms with Crippen molar-refractivity contribution in [2.24, 2.45) is 5.73 Å². The molecule has 9 N–H and O–H groups in total. The SMILES string of the molecule is CSCC[C@H](NC(=O)[C@@H]1CCCN1C(=O)CN)C(=O)NCC(=O)N1CCC[C@H]1C(=O)N1C[C@H](O)C[C@H]1C(=O)NCC(=O)N1CCC[C@H]1C(=O)N1C[C@H](O)C[C@H]1C(=O)NCC(=O)O. The first-order chi connectivity index (χ1) is 29.6. The number of carboxylic acids is 1. The van der Waals surface area contributed by atoms with Crippen LogP contribution in [0, 0.1) is 0 Å². The number of aliphatic hydroxyl groups is 2. The summed E-state index contributed by atoms with van der Waals surface area (Å²) < 4.78 is 0. The van der Waals surface area contributed by atoms with Crippen molar-refractivity contribution >= 4 is 70.9 Å². The Hall–Kier alpha value is -5.07. The van der Waals surface area contributed by atoms with Gasteiger partial charge >= 0.3 is 5.97 Å². The maximum atomic E-state index is 14.0. The van der Waals surface area contributed by atoms with Crippen LogP contribution in [-0.4, -0.2) is 218 Å². The van der Waals surface area contributed by atoms with Gasteiger partial charge in [0.2, 0.25) is 53.2 Å². The highest BCUT2D eigenvalue weighted by Gasteiger charge is 2.47. The van der Waals surface area contributed by atoms with Gasteiger partial charge in [0, 0.05) is 45.6 Å². The highest BCUT2D eigenvalue weighted by atomic mass is 32.2. The van der Waals surface area contributed by atoms with Gasteiger partial charge in [-0.2, -0.15) is 11.8 Å². The number of thioether (sulfide) groups is 1. The minimum atomic E-state index is -1.29. The van der Waals surface area contributed by atoms with Crippen LogP contribution in [0.4, 0.5) is 0 Å². The molecule has 5 fully saturated rings. The number of hydrogen-bond donors (Lipinski definition) is 8. The van der Waals surface area contributed by atoms with Gasteiger partial charge in [0.15, 0.2) is 0 Å². The molecule has 344 valence electrons. The van der Waals surface area contributed by atoms with Gasteiger partial charge < -0.3 is 66.8 Å². The van der Waals surface area contributed by atoms with E-state index in [0.717, 1.165) is 4.90 Å². The van der Waals surface area contributed by atoms with E-state index in [2.05, 4.69) is 21.3 Å². The lowest BCUT2D eigenvalue weighted by Gasteiger charge is -2.32. The number of aliphatic carboxylic acids is 1. The van der Waals surface area contributed by atoms with Crippen LogP contribution in [0.25, 0.3) is 0 Å². The predicted octanol–water partition coefficient (Wildman–Crippen LogP) is -5.49. The third-order valence-electron chi connectivity index (χ3n) is 12.0. The third-order valence-corrected chi connectivity index (χ3v) is 12.6. The zero-order valence-corrected chi connectivity index (χ0v) is 35.5. The molecule has 0 spiro atoms. The van der Waals surface area contributed by atoms with E-state index in [4.69, 9.17) is 10.8 Å². The van der Waals surface area contributed by atoms with Gasteiger partial charge in [-0.05, 0) is 57.0 Å². The fourth-order valence-electron chi connectivity index (χ4n) is 8.92. The van der Waals surface area contributed by atoms with Crippen molar-refractivity contribution in [2.75, 3.05) is 70.9 Å². The predicted molar refractivity (Wildman–Crippen MR) is 217 cm³/mol. The molecular formula is C38H58N10O13S. The summed E-state index contributed by atoms with van der Waals surface area (Å²) in [7, 11) is 0. The summed E-state index contributed by atoms with van der Waals surface area (Å²) in [6.07, 6.45) is 2.14. The lowest BCUT2D eigenvalue weighted by molar-refractivity contribution is -0.148. The van der Waals surface area contributed by atoms with Gasteiger partial charge in [0.1, 0.15) is 42.8 Å². The Kier molecular flexibility index (Phi) is 16.9. The van der Waals surface area contributed by atoms with Crippen molar-refractivity contribution in [3.8, 4) is 0 Å². The Morgan fingerprint density at radius 1 is 0.613 bits per heavy atom. The molecule has 0 unspecified atom stereocenters. The molecule has 23 nitrogen and oxygen atoms in total. The summed E-state index contributed by atoms with van der Waals surface area (Å²) in [4.78, 5) is 137. The average Bonchev–Trinajstić information content (AvgIpc) is 4.11. The van der Waals surface area contributed by atoms with Crippen molar-refractivity contribution < 1.29 is 63.3 Å². The van der Waals surface area contributed by atoms with Crippen LogP contribution in [0.3, 0.4) is 0 Å². The number of amides is 9. The van der Waals surface area contributed by atoms with E-state index < -0.39 is 121 Å². The number of nitrogens with zero attached hydrogens (tertiary/aromatic N) is 5. The fraction of sp³-hybridized carbons (Fsp3) is 0.737. The number of carbonyl (C=O) groups excluding carboxylic acids is 9. The summed E-state index contributed by atoms with van der Waals surface area (Å²) in [5.41, 5.74) is 5.51. The number of aliphatic hydroxyl groups excluding tert-OH is 2. The average molecular weight is 895 g/mol. The first kappa shape index (κ1) is 48.0. The minimum absolute atomic E-state index is 0.110. The molecule has 8 atom stereocenters. The van der Waals surface area contributed by atoms with Gasteiger partial charge in [-0.1, -0.05) is 0 Å². The summed E-state index contributed by atoms with van der Waals surface area (Å²) in [5.74, 6) is -6.13. The lowest BCUT2D eigenvalue weighted by atomic mass is 10.1. The smallest absolute Gasteiger partial charge is 0.322 e. The van der Waals surface area contributed by atoms with Crippen molar-refractivity contribution in [2.45, 2.75) is 106 Å². The van der Waals surface area contributed by atoms with Crippen LogP contribution >= 0.6 is 11.8 Å². The number of nitrogens with one attached hydrogen (secondary N) is 4. The van der Waals surface area contributed by atoms with Crippen LogP contribution in [0.15, 0.2) is 0 Å². The second-order valence-electron chi connectivity index (χ2n) is 16.1. The van der Waals surface area contributed by atoms with Crippen LogP contribution in [0.1, 0.15) is 57.8 Å². The topological polar surface area (TPSA) is 322 Å². The van der Waals surface area contributed by atoms with Gasteiger partial charge in [-0.25, -0.2) is 0 Å². The van der Waals surface area contributed by atoms with Crippen molar-refractivity contribution in [3.63, 3.8) is 0 Å². The molecule has 5 heterocycles. The van der Waals surface area contributed by atoms with E-state index in [1.807, 2.05) is 6.26 Å². The number of carbonyl (C=O) groups is 10. The Morgan fingerprint density at radius 2 is 1.06 bits per heavy atom. The van der Waals surface area contributed by atoms with Gasteiger partial charge in [0.25, 0.3) is 0 Å². The van der Waals surface area contributed by atoms with Crippen LogP contribution < -0.4 is 27.0 Å². The maximum Gasteiger partial charge on any atom is 0.322 e. The minimum Gasteiger partial charge on any atom is -0.480 e. The first-order valence-corrected chi connectivity index (χ1v) is 22.3. The van der Waals surface area contributed by atoms with E-state index in [1.54, 1.807) is 0 Å². The standard InChI is InChI=1S/C38H58N10O13S/c1-62-12-8-23(43-36(59)24-5-2-9-44(24)29(51)15-39)33(56)40-16-30(52)45-10-3-6-25(45)37(60)47-19-21(49)13-27(47)34(57)41-17-31(53)46-11-4-7-26(46)38(61)48-20-22(50)14-28(48)35(58)42-18-32(54)55/h21-28,49-50H,2-20,39H2,1H3,(H,40,56)(H,41,57)(H,42,58)(H,43,59)(H,54,55)/t21-,22-,23+,24+,25+,26+,27+,28+/m1/s1. The van der Waals surface area contributed by atoms with Gasteiger partial charge in [-0.3, -0.25) is 47.9 Å². The van der Waals surface area contributed by atoms with E-state index in [-0.39, 0.29) is 70.7 Å². The third kappa shape index (κ3) is 11.5. The van der Waals surface area contributed by atoms with E-state index in [0.29, 0.717) is 38.0 Å². The second kappa shape index (κ2) is 21.8. The van der Waals surface area contributed by atoms with E-state index in [1.165, 1.54) is 31.4 Å².